The highest BCUT2D eigenvalue weighted by Gasteiger charge is 2.07. The van der Waals surface area contributed by atoms with Crippen molar-refractivity contribution in [3.05, 3.63) is 29.3 Å². The molecule has 1 aromatic carbocycles. The van der Waals surface area contributed by atoms with Crippen molar-refractivity contribution >= 4 is 11.9 Å². The molecule has 0 unspecified atom stereocenters. The molecule has 0 saturated heterocycles. The Labute approximate surface area is 169 Å². The minimum atomic E-state index is 0.0311. The van der Waals surface area contributed by atoms with E-state index in [9.17, 15) is 4.79 Å². The molecule has 7 heteroatoms. The smallest absolute Gasteiger partial charge is 0.221 e. The molecule has 0 bridgehead atoms. The second kappa shape index (κ2) is 13.8. The maximum absolute atomic E-state index is 11.8. The van der Waals surface area contributed by atoms with Crippen molar-refractivity contribution in [2.45, 2.75) is 53.1 Å². The van der Waals surface area contributed by atoms with E-state index in [2.05, 4.69) is 27.0 Å². The molecule has 0 fully saturated rings. The minimum Gasteiger partial charge on any atom is -0.493 e. The molecule has 0 radical (unpaired) electrons. The van der Waals surface area contributed by atoms with Gasteiger partial charge in [-0.1, -0.05) is 12.1 Å². The highest BCUT2D eigenvalue weighted by molar-refractivity contribution is 5.81. The molecule has 0 atom stereocenters. The molecular formula is C21H36N4O3. The molecule has 0 aliphatic heterocycles. The van der Waals surface area contributed by atoms with Crippen LogP contribution >= 0.6 is 0 Å². The molecule has 7 nitrogen and oxygen atoms in total. The van der Waals surface area contributed by atoms with Crippen LogP contribution in [0.25, 0.3) is 0 Å². The number of nitrogens with zero attached hydrogens (tertiary/aromatic N) is 1. The summed E-state index contributed by atoms with van der Waals surface area (Å²) in [4.78, 5) is 16.4. The molecule has 1 rings (SSSR count). The molecule has 0 aromatic heterocycles. The summed E-state index contributed by atoms with van der Waals surface area (Å²) in [6.45, 7) is 11.0. The predicted octanol–water partition coefficient (Wildman–Crippen LogP) is 2.38. The summed E-state index contributed by atoms with van der Waals surface area (Å²) in [6, 6.07) is 6.29. The topological polar surface area (TPSA) is 84.0 Å². The number of benzene rings is 1. The fraction of sp³-hybridized carbons (Fsp3) is 0.619. The summed E-state index contributed by atoms with van der Waals surface area (Å²) >= 11 is 0. The van der Waals surface area contributed by atoms with Crippen LogP contribution in [0, 0.1) is 6.92 Å². The Kier molecular flexibility index (Phi) is 11.7. The lowest BCUT2D eigenvalue weighted by Gasteiger charge is -2.14. The first kappa shape index (κ1) is 23.8. The lowest BCUT2D eigenvalue weighted by atomic mass is 10.1. The molecule has 0 saturated carbocycles. The maximum atomic E-state index is 11.8. The zero-order valence-corrected chi connectivity index (χ0v) is 17.9. The van der Waals surface area contributed by atoms with Gasteiger partial charge in [0.1, 0.15) is 5.75 Å². The van der Waals surface area contributed by atoms with Crippen LogP contribution in [0.15, 0.2) is 23.2 Å². The fourth-order valence-electron chi connectivity index (χ4n) is 2.51. The normalized spacial score (nSPS) is 11.4. The van der Waals surface area contributed by atoms with Crippen LogP contribution in [0.4, 0.5) is 0 Å². The van der Waals surface area contributed by atoms with E-state index >= 15 is 0 Å². The number of carbonyl (C=O) groups is 1. The van der Waals surface area contributed by atoms with Gasteiger partial charge in [0.05, 0.1) is 13.2 Å². The van der Waals surface area contributed by atoms with Gasteiger partial charge in [0, 0.05) is 51.3 Å². The molecule has 0 heterocycles. The summed E-state index contributed by atoms with van der Waals surface area (Å²) in [5.74, 6) is 1.57. The van der Waals surface area contributed by atoms with Crippen molar-refractivity contribution in [2.75, 3.05) is 33.4 Å². The first-order valence-electron chi connectivity index (χ1n) is 9.99. The fourth-order valence-corrected chi connectivity index (χ4v) is 2.51. The van der Waals surface area contributed by atoms with Crippen LogP contribution in [-0.2, 0) is 16.1 Å². The second-order valence-electron chi connectivity index (χ2n) is 6.90. The lowest BCUT2D eigenvalue weighted by Crippen LogP contribution is -2.40. The van der Waals surface area contributed by atoms with Crippen molar-refractivity contribution in [1.29, 1.82) is 0 Å². The number of methoxy groups -OCH3 is 1. The highest BCUT2D eigenvalue weighted by Crippen LogP contribution is 2.21. The van der Waals surface area contributed by atoms with Crippen molar-refractivity contribution < 1.29 is 14.3 Å². The number of aliphatic imine (C=N–C) groups is 1. The quantitative estimate of drug-likeness (QED) is 0.289. The molecule has 1 amide bonds. The van der Waals surface area contributed by atoms with Crippen LogP contribution in [0.2, 0.25) is 0 Å². The van der Waals surface area contributed by atoms with Crippen LogP contribution < -0.4 is 20.7 Å². The van der Waals surface area contributed by atoms with E-state index in [1.807, 2.05) is 39.8 Å². The van der Waals surface area contributed by atoms with E-state index in [0.29, 0.717) is 38.7 Å². The van der Waals surface area contributed by atoms with Crippen LogP contribution in [0.5, 0.6) is 5.75 Å². The van der Waals surface area contributed by atoms with Gasteiger partial charge in [0.25, 0.3) is 0 Å². The number of guanidine groups is 1. The van der Waals surface area contributed by atoms with Gasteiger partial charge in [-0.3, -0.25) is 4.79 Å². The van der Waals surface area contributed by atoms with Crippen LogP contribution in [0.3, 0.4) is 0 Å². The lowest BCUT2D eigenvalue weighted by molar-refractivity contribution is -0.121. The highest BCUT2D eigenvalue weighted by atomic mass is 16.5. The van der Waals surface area contributed by atoms with E-state index < -0.39 is 0 Å². The number of hydrogen-bond donors (Lipinski definition) is 3. The van der Waals surface area contributed by atoms with Gasteiger partial charge in [-0.15, -0.1) is 0 Å². The largest absolute Gasteiger partial charge is 0.493 e. The summed E-state index contributed by atoms with van der Waals surface area (Å²) < 4.78 is 11.0. The number of carbonyl (C=O) groups excluding carboxylic acids is 1. The van der Waals surface area contributed by atoms with Gasteiger partial charge in [-0.05, 0) is 39.3 Å². The summed E-state index contributed by atoms with van der Waals surface area (Å²) in [5.41, 5.74) is 2.17. The Morgan fingerprint density at radius 1 is 1.21 bits per heavy atom. The van der Waals surface area contributed by atoms with E-state index in [1.165, 1.54) is 0 Å². The maximum Gasteiger partial charge on any atom is 0.221 e. The Morgan fingerprint density at radius 2 is 2.00 bits per heavy atom. The van der Waals surface area contributed by atoms with Gasteiger partial charge in [-0.25, -0.2) is 4.99 Å². The summed E-state index contributed by atoms with van der Waals surface area (Å²) in [6.07, 6.45) is 1.25. The molecule has 28 heavy (non-hydrogen) atoms. The summed E-state index contributed by atoms with van der Waals surface area (Å²) in [5, 5.41) is 9.30. The van der Waals surface area contributed by atoms with Crippen molar-refractivity contribution in [3.8, 4) is 5.75 Å². The standard InChI is InChI=1S/C21H36N4O3/c1-6-22-21(23-11-10-20(26)25-16(2)3)24-15-18-9-8-17(4)14-19(18)28-13-7-12-27-5/h8-9,14,16H,6-7,10-13,15H2,1-5H3,(H,25,26)(H2,22,23,24). The Morgan fingerprint density at radius 3 is 2.68 bits per heavy atom. The molecule has 1 aromatic rings. The molecule has 158 valence electrons. The first-order valence-corrected chi connectivity index (χ1v) is 9.99. The van der Waals surface area contributed by atoms with E-state index in [-0.39, 0.29) is 11.9 Å². The number of amides is 1. The van der Waals surface area contributed by atoms with Crippen LogP contribution in [-0.4, -0.2) is 51.3 Å². The molecule has 3 N–H and O–H groups in total. The van der Waals surface area contributed by atoms with E-state index in [0.717, 1.165) is 29.8 Å². The van der Waals surface area contributed by atoms with Gasteiger partial charge in [0.15, 0.2) is 5.96 Å². The zero-order valence-electron chi connectivity index (χ0n) is 17.9. The van der Waals surface area contributed by atoms with Crippen molar-refractivity contribution in [1.82, 2.24) is 16.0 Å². The second-order valence-corrected chi connectivity index (χ2v) is 6.90. The number of rotatable bonds is 12. The Bertz CT molecular complexity index is 618. The van der Waals surface area contributed by atoms with E-state index in [4.69, 9.17) is 9.47 Å². The predicted molar refractivity (Wildman–Crippen MR) is 114 cm³/mol. The SMILES string of the molecule is CCNC(=NCc1ccc(C)cc1OCCCOC)NCCC(=O)NC(C)C. The zero-order chi connectivity index (χ0) is 20.8. The summed E-state index contributed by atoms with van der Waals surface area (Å²) in [7, 11) is 1.69. The van der Waals surface area contributed by atoms with Crippen LogP contribution in [0.1, 0.15) is 44.7 Å². The van der Waals surface area contributed by atoms with Gasteiger partial charge >= 0.3 is 0 Å². The average Bonchev–Trinajstić information content (AvgIpc) is 2.63. The Hall–Kier alpha value is -2.28. The number of hydrogen-bond acceptors (Lipinski definition) is 4. The molecular weight excluding hydrogens is 356 g/mol. The van der Waals surface area contributed by atoms with Crippen molar-refractivity contribution in [2.24, 2.45) is 4.99 Å². The molecule has 0 spiro atoms. The monoisotopic (exact) mass is 392 g/mol. The van der Waals surface area contributed by atoms with Gasteiger partial charge in [0.2, 0.25) is 5.91 Å². The van der Waals surface area contributed by atoms with Gasteiger partial charge in [-0.2, -0.15) is 0 Å². The first-order chi connectivity index (χ1) is 13.5. The number of nitrogens with one attached hydrogen (secondary N) is 3. The molecule has 0 aliphatic rings. The number of ether oxygens (including phenoxy) is 2. The minimum absolute atomic E-state index is 0.0311. The van der Waals surface area contributed by atoms with Crippen molar-refractivity contribution in [3.63, 3.8) is 0 Å². The third kappa shape index (κ3) is 10.2. The average molecular weight is 393 g/mol. The van der Waals surface area contributed by atoms with E-state index in [1.54, 1.807) is 7.11 Å². The third-order valence-corrected chi connectivity index (χ3v) is 3.82. The Balaban J connectivity index is 2.66. The number of aryl methyl sites for hydroxylation is 1. The third-order valence-electron chi connectivity index (χ3n) is 3.82. The van der Waals surface area contributed by atoms with Gasteiger partial charge < -0.3 is 25.4 Å². The molecule has 0 aliphatic carbocycles.